The van der Waals surface area contributed by atoms with Gasteiger partial charge in [0.05, 0.1) is 21.8 Å². The lowest BCUT2D eigenvalue weighted by Gasteiger charge is -2.36. The minimum Gasteiger partial charge on any atom is -0.385 e. The maximum atomic E-state index is 12.1. The fourth-order valence-electron chi connectivity index (χ4n) is 3.60. The molecule has 2 atom stereocenters. The molecule has 2 saturated heterocycles. The van der Waals surface area contributed by atoms with Gasteiger partial charge in [-0.25, -0.2) is 8.42 Å². The zero-order chi connectivity index (χ0) is 13.1. The van der Waals surface area contributed by atoms with Crippen molar-refractivity contribution in [2.75, 3.05) is 0 Å². The SMILES string of the molecule is Cc1noc(C)c1C1(O)CC2CCC(C1)S2(=O)=O. The maximum absolute atomic E-state index is 12.1. The average Bonchev–Trinajstić information content (AvgIpc) is 2.65. The molecule has 0 aliphatic carbocycles. The number of aromatic nitrogens is 1. The number of aliphatic hydroxyl groups is 1. The van der Waals surface area contributed by atoms with Gasteiger partial charge in [0.25, 0.3) is 0 Å². The molecule has 6 heteroatoms. The quantitative estimate of drug-likeness (QED) is 0.830. The van der Waals surface area contributed by atoms with Crippen LogP contribution in [0, 0.1) is 13.8 Å². The van der Waals surface area contributed by atoms with E-state index in [2.05, 4.69) is 5.16 Å². The molecule has 0 radical (unpaired) electrons. The zero-order valence-corrected chi connectivity index (χ0v) is 11.3. The van der Waals surface area contributed by atoms with Crippen LogP contribution in [-0.2, 0) is 15.4 Å². The second-order valence-electron chi connectivity index (χ2n) is 5.55. The Morgan fingerprint density at radius 3 is 2.28 bits per heavy atom. The van der Waals surface area contributed by atoms with Gasteiger partial charge in [-0.15, -0.1) is 0 Å². The van der Waals surface area contributed by atoms with Gasteiger partial charge in [0.15, 0.2) is 9.84 Å². The number of aryl methyl sites for hydroxylation is 2. The van der Waals surface area contributed by atoms with Crippen LogP contribution in [0.4, 0.5) is 0 Å². The van der Waals surface area contributed by atoms with E-state index in [9.17, 15) is 13.5 Å². The van der Waals surface area contributed by atoms with E-state index in [1.165, 1.54) is 0 Å². The van der Waals surface area contributed by atoms with E-state index in [0.717, 1.165) is 0 Å². The summed E-state index contributed by atoms with van der Waals surface area (Å²) in [5, 5.41) is 13.9. The molecule has 0 aromatic carbocycles. The highest BCUT2D eigenvalue weighted by molar-refractivity contribution is 7.93. The molecule has 100 valence electrons. The van der Waals surface area contributed by atoms with E-state index in [0.29, 0.717) is 29.9 Å². The zero-order valence-electron chi connectivity index (χ0n) is 10.5. The van der Waals surface area contributed by atoms with Crippen LogP contribution in [-0.4, -0.2) is 29.2 Å². The van der Waals surface area contributed by atoms with Gasteiger partial charge in [0.2, 0.25) is 0 Å². The van der Waals surface area contributed by atoms with Crippen LogP contribution in [0.5, 0.6) is 0 Å². The molecule has 1 aromatic heterocycles. The number of hydrogen-bond acceptors (Lipinski definition) is 5. The second-order valence-corrected chi connectivity index (χ2v) is 8.06. The van der Waals surface area contributed by atoms with Crippen molar-refractivity contribution in [3.8, 4) is 0 Å². The third-order valence-electron chi connectivity index (χ3n) is 4.37. The smallest absolute Gasteiger partial charge is 0.156 e. The van der Waals surface area contributed by atoms with Gasteiger partial charge < -0.3 is 9.63 Å². The Hall–Kier alpha value is -0.880. The summed E-state index contributed by atoms with van der Waals surface area (Å²) in [6.45, 7) is 3.55. The van der Waals surface area contributed by atoms with Crippen molar-refractivity contribution in [3.63, 3.8) is 0 Å². The lowest BCUT2D eigenvalue weighted by Crippen LogP contribution is -2.43. The first-order valence-corrected chi connectivity index (χ1v) is 7.84. The summed E-state index contributed by atoms with van der Waals surface area (Å²) in [4.78, 5) is 0. The Bertz CT molecular complexity index is 550. The lowest BCUT2D eigenvalue weighted by atomic mass is 9.85. The molecule has 2 fully saturated rings. The average molecular weight is 271 g/mol. The van der Waals surface area contributed by atoms with Crippen molar-refractivity contribution in [1.29, 1.82) is 0 Å². The van der Waals surface area contributed by atoms with Crippen LogP contribution >= 0.6 is 0 Å². The van der Waals surface area contributed by atoms with Crippen molar-refractivity contribution in [1.82, 2.24) is 5.16 Å². The molecule has 2 aliphatic heterocycles. The molecule has 2 aliphatic rings. The Morgan fingerprint density at radius 2 is 1.83 bits per heavy atom. The largest absolute Gasteiger partial charge is 0.385 e. The van der Waals surface area contributed by atoms with Gasteiger partial charge in [-0.2, -0.15) is 0 Å². The third kappa shape index (κ3) is 1.48. The van der Waals surface area contributed by atoms with Gasteiger partial charge in [-0.05, 0) is 39.5 Å². The Balaban J connectivity index is 2.05. The summed E-state index contributed by atoms with van der Waals surface area (Å²) >= 11 is 0. The van der Waals surface area contributed by atoms with Crippen LogP contribution in [0.25, 0.3) is 0 Å². The van der Waals surface area contributed by atoms with Crippen LogP contribution in [0.15, 0.2) is 4.52 Å². The van der Waals surface area contributed by atoms with Gasteiger partial charge >= 0.3 is 0 Å². The highest BCUT2D eigenvalue weighted by atomic mass is 32.2. The highest BCUT2D eigenvalue weighted by Gasteiger charge is 2.54. The Kier molecular flexibility index (Phi) is 2.41. The molecule has 0 amide bonds. The van der Waals surface area contributed by atoms with E-state index in [4.69, 9.17) is 4.52 Å². The fraction of sp³-hybridized carbons (Fsp3) is 0.750. The summed E-state index contributed by atoms with van der Waals surface area (Å²) in [5.74, 6) is 0.591. The van der Waals surface area contributed by atoms with Crippen LogP contribution < -0.4 is 0 Å². The van der Waals surface area contributed by atoms with Crippen molar-refractivity contribution >= 4 is 9.84 Å². The number of sulfone groups is 1. The predicted octanol–water partition coefficient (Wildman–Crippen LogP) is 1.22. The van der Waals surface area contributed by atoms with Gasteiger partial charge in [-0.3, -0.25) is 0 Å². The second kappa shape index (κ2) is 3.57. The summed E-state index contributed by atoms with van der Waals surface area (Å²) in [5.41, 5.74) is 0.258. The molecule has 1 aromatic rings. The molecular weight excluding hydrogens is 254 g/mol. The van der Waals surface area contributed by atoms with E-state index in [-0.39, 0.29) is 12.8 Å². The molecule has 0 saturated carbocycles. The van der Waals surface area contributed by atoms with Crippen molar-refractivity contribution in [3.05, 3.63) is 17.0 Å². The van der Waals surface area contributed by atoms with Crippen molar-refractivity contribution < 1.29 is 18.0 Å². The topological polar surface area (TPSA) is 80.4 Å². The van der Waals surface area contributed by atoms with Gasteiger partial charge in [0, 0.05) is 5.56 Å². The molecule has 5 nitrogen and oxygen atoms in total. The molecule has 3 rings (SSSR count). The third-order valence-corrected chi connectivity index (χ3v) is 7.03. The van der Waals surface area contributed by atoms with E-state index in [1.807, 2.05) is 0 Å². The van der Waals surface area contributed by atoms with Crippen molar-refractivity contribution in [2.45, 2.75) is 55.6 Å². The first kappa shape index (κ1) is 12.2. The van der Waals surface area contributed by atoms with Crippen LogP contribution in [0.2, 0.25) is 0 Å². The van der Waals surface area contributed by atoms with Gasteiger partial charge in [-0.1, -0.05) is 5.16 Å². The van der Waals surface area contributed by atoms with E-state index < -0.39 is 25.9 Å². The first-order valence-electron chi connectivity index (χ1n) is 6.23. The molecule has 1 N–H and O–H groups in total. The monoisotopic (exact) mass is 271 g/mol. The highest BCUT2D eigenvalue weighted by Crippen LogP contribution is 2.48. The molecule has 3 heterocycles. The number of fused-ring (bicyclic) bond motifs is 2. The van der Waals surface area contributed by atoms with E-state index >= 15 is 0 Å². The summed E-state index contributed by atoms with van der Waals surface area (Å²) < 4.78 is 29.2. The first-order chi connectivity index (χ1) is 8.34. The number of nitrogens with zero attached hydrogens (tertiary/aromatic N) is 1. The maximum Gasteiger partial charge on any atom is 0.156 e. The molecule has 18 heavy (non-hydrogen) atoms. The van der Waals surface area contributed by atoms with Crippen LogP contribution in [0.3, 0.4) is 0 Å². The minimum absolute atomic E-state index is 0.273. The number of rotatable bonds is 1. The lowest BCUT2D eigenvalue weighted by molar-refractivity contribution is 0.0155. The molecular formula is C12H17NO4S. The van der Waals surface area contributed by atoms with Crippen molar-refractivity contribution in [2.24, 2.45) is 0 Å². The summed E-state index contributed by atoms with van der Waals surface area (Å²) in [6.07, 6.45) is 1.88. The van der Waals surface area contributed by atoms with Gasteiger partial charge in [0.1, 0.15) is 5.76 Å². The fourth-order valence-corrected chi connectivity index (χ4v) is 6.09. The summed E-state index contributed by atoms with van der Waals surface area (Å²) in [6, 6.07) is 0. The molecule has 0 spiro atoms. The summed E-state index contributed by atoms with van der Waals surface area (Å²) in [7, 11) is -3.03. The normalized spacial score (nSPS) is 37.9. The predicted molar refractivity (Wildman–Crippen MR) is 64.8 cm³/mol. The molecule has 2 bridgehead atoms. The van der Waals surface area contributed by atoms with E-state index in [1.54, 1.807) is 13.8 Å². The Labute approximate surface area is 106 Å². The molecule has 2 unspecified atom stereocenters. The standard InChI is InChI=1S/C12H17NO4S/c1-7-11(8(2)17-13-7)12(14)5-9-3-4-10(6-12)18(9,15)16/h9-10,14H,3-6H2,1-2H3. The Morgan fingerprint density at radius 1 is 1.28 bits per heavy atom. The van der Waals surface area contributed by atoms with Crippen LogP contribution in [0.1, 0.15) is 42.7 Å². The number of hydrogen-bond donors (Lipinski definition) is 1. The minimum atomic E-state index is -3.03.